The summed E-state index contributed by atoms with van der Waals surface area (Å²) >= 11 is 6.42. The number of imide groups is 1. The van der Waals surface area contributed by atoms with Crippen molar-refractivity contribution in [1.82, 2.24) is 9.88 Å². The lowest BCUT2D eigenvalue weighted by molar-refractivity contribution is 0.0880. The molecule has 0 fully saturated rings. The molecule has 0 saturated heterocycles. The van der Waals surface area contributed by atoms with Gasteiger partial charge < -0.3 is 4.57 Å². The van der Waals surface area contributed by atoms with E-state index in [1.165, 1.54) is 0 Å². The molecule has 136 valence electrons. The lowest BCUT2D eigenvalue weighted by Gasteiger charge is -2.10. The topological polar surface area (TPSA) is 51.1 Å². The van der Waals surface area contributed by atoms with Gasteiger partial charge in [-0.25, -0.2) is 0 Å². The molecule has 5 heteroatoms. The zero-order valence-electron chi connectivity index (χ0n) is 15.0. The molecule has 0 atom stereocenters. The molecule has 0 bridgehead atoms. The number of hydrogen-bond acceptors (Lipinski definition) is 2. The number of carbonyl (C=O) groups is 2. The molecule has 1 aliphatic heterocycles. The van der Waals surface area contributed by atoms with Gasteiger partial charge in [0, 0.05) is 33.9 Å². The highest BCUT2D eigenvalue weighted by Crippen LogP contribution is 2.41. The number of rotatable bonds is 2. The minimum atomic E-state index is -0.392. The highest BCUT2D eigenvalue weighted by atomic mass is 35.5. The maximum absolute atomic E-state index is 12.7. The molecule has 5 rings (SSSR count). The third-order valence-electron chi connectivity index (χ3n) is 5.40. The zero-order chi connectivity index (χ0) is 19.6. The third-order valence-corrected chi connectivity index (χ3v) is 5.73. The lowest BCUT2D eigenvalue weighted by Crippen LogP contribution is -2.20. The Labute approximate surface area is 166 Å². The summed E-state index contributed by atoms with van der Waals surface area (Å²) in [6.45, 7) is 3.83. The van der Waals surface area contributed by atoms with Gasteiger partial charge in [0.25, 0.3) is 11.8 Å². The van der Waals surface area contributed by atoms with Crippen molar-refractivity contribution in [3.05, 3.63) is 76.8 Å². The van der Waals surface area contributed by atoms with E-state index in [9.17, 15) is 9.59 Å². The molecule has 28 heavy (non-hydrogen) atoms. The van der Waals surface area contributed by atoms with Crippen LogP contribution in [-0.4, -0.2) is 16.4 Å². The van der Waals surface area contributed by atoms with E-state index in [1.807, 2.05) is 54.1 Å². The van der Waals surface area contributed by atoms with Crippen LogP contribution in [0.5, 0.6) is 0 Å². The molecule has 4 nitrogen and oxygen atoms in total. The van der Waals surface area contributed by atoms with Gasteiger partial charge in [-0.3, -0.25) is 14.9 Å². The molecule has 2 amide bonds. The van der Waals surface area contributed by atoms with Gasteiger partial charge in [-0.2, -0.15) is 0 Å². The van der Waals surface area contributed by atoms with E-state index in [0.29, 0.717) is 21.7 Å². The first-order chi connectivity index (χ1) is 13.5. The number of nitrogens with zero attached hydrogens (tertiary/aromatic N) is 1. The minimum Gasteiger partial charge on any atom is -0.344 e. The van der Waals surface area contributed by atoms with Crippen LogP contribution in [-0.2, 0) is 7.05 Å². The quantitative estimate of drug-likeness (QED) is 0.483. The standard InChI is InChI=1S/C23H15ClN2O2/c1-3-12-8-9-14-17(10-12)26(2)18-11-15(13-6-4-5-7-16(13)24)20-21(19(14)18)23(28)25-22(20)27/h3-11H,1H2,2H3,(H,25,27,28). The van der Waals surface area contributed by atoms with Gasteiger partial charge in [0.15, 0.2) is 0 Å². The first kappa shape index (κ1) is 16.8. The molecule has 4 aromatic rings. The van der Waals surface area contributed by atoms with E-state index >= 15 is 0 Å². The van der Waals surface area contributed by atoms with E-state index in [1.54, 1.807) is 12.1 Å². The summed E-state index contributed by atoms with van der Waals surface area (Å²) in [5.41, 5.74) is 5.01. The number of nitrogens with one attached hydrogen (secondary N) is 1. The van der Waals surface area contributed by atoms with E-state index in [0.717, 1.165) is 32.9 Å². The van der Waals surface area contributed by atoms with Crippen LogP contribution in [0.25, 0.3) is 39.0 Å². The average Bonchev–Trinajstić information content (AvgIpc) is 3.15. The lowest BCUT2D eigenvalue weighted by atomic mass is 9.93. The Morgan fingerprint density at radius 1 is 0.964 bits per heavy atom. The van der Waals surface area contributed by atoms with E-state index in [2.05, 4.69) is 11.9 Å². The van der Waals surface area contributed by atoms with Crippen LogP contribution < -0.4 is 5.32 Å². The van der Waals surface area contributed by atoms with Crippen molar-refractivity contribution in [3.63, 3.8) is 0 Å². The largest absolute Gasteiger partial charge is 0.344 e. The predicted molar refractivity (Wildman–Crippen MR) is 113 cm³/mol. The normalized spacial score (nSPS) is 13.2. The molecular formula is C23H15ClN2O2. The fraction of sp³-hybridized carbons (Fsp3) is 0.0435. The second kappa shape index (κ2) is 5.81. The van der Waals surface area contributed by atoms with Crippen LogP contribution >= 0.6 is 11.6 Å². The average molecular weight is 387 g/mol. The first-order valence-electron chi connectivity index (χ1n) is 8.83. The van der Waals surface area contributed by atoms with Crippen molar-refractivity contribution in [2.45, 2.75) is 0 Å². The number of carbonyl (C=O) groups excluding carboxylic acids is 2. The number of halogens is 1. The van der Waals surface area contributed by atoms with E-state index in [-0.39, 0.29) is 5.91 Å². The van der Waals surface area contributed by atoms with E-state index in [4.69, 9.17) is 11.6 Å². The second-order valence-electron chi connectivity index (χ2n) is 6.87. The Hall–Kier alpha value is -3.37. The van der Waals surface area contributed by atoms with Gasteiger partial charge in [-0.15, -0.1) is 0 Å². The van der Waals surface area contributed by atoms with Crippen LogP contribution in [0.15, 0.2) is 55.1 Å². The summed E-state index contributed by atoms with van der Waals surface area (Å²) in [5, 5.41) is 4.69. The van der Waals surface area contributed by atoms with Crippen LogP contribution in [0.4, 0.5) is 0 Å². The summed E-state index contributed by atoms with van der Waals surface area (Å²) in [6, 6.07) is 15.2. The Kier molecular flexibility index (Phi) is 3.48. The van der Waals surface area contributed by atoms with Crippen molar-refractivity contribution in [2.24, 2.45) is 7.05 Å². The number of aryl methyl sites for hydroxylation is 1. The van der Waals surface area contributed by atoms with Gasteiger partial charge in [-0.1, -0.05) is 54.6 Å². The van der Waals surface area contributed by atoms with Crippen molar-refractivity contribution in [1.29, 1.82) is 0 Å². The summed E-state index contributed by atoms with van der Waals surface area (Å²) in [5.74, 6) is -0.768. The Morgan fingerprint density at radius 3 is 2.46 bits per heavy atom. The number of benzene rings is 3. The van der Waals surface area contributed by atoms with Crippen LogP contribution in [0.3, 0.4) is 0 Å². The number of fused-ring (bicyclic) bond motifs is 5. The maximum atomic E-state index is 12.7. The number of aromatic nitrogens is 1. The fourth-order valence-electron chi connectivity index (χ4n) is 4.08. The summed E-state index contributed by atoms with van der Waals surface area (Å²) < 4.78 is 2.04. The summed E-state index contributed by atoms with van der Waals surface area (Å²) in [4.78, 5) is 25.4. The van der Waals surface area contributed by atoms with E-state index < -0.39 is 5.91 Å². The van der Waals surface area contributed by atoms with Gasteiger partial charge >= 0.3 is 0 Å². The minimum absolute atomic E-state index is 0.376. The molecular weight excluding hydrogens is 372 g/mol. The second-order valence-corrected chi connectivity index (χ2v) is 7.28. The smallest absolute Gasteiger partial charge is 0.259 e. The molecule has 3 aromatic carbocycles. The summed E-state index contributed by atoms with van der Waals surface area (Å²) in [6.07, 6.45) is 1.78. The van der Waals surface area contributed by atoms with Crippen LogP contribution in [0.2, 0.25) is 5.02 Å². The van der Waals surface area contributed by atoms with Crippen LogP contribution in [0, 0.1) is 0 Å². The van der Waals surface area contributed by atoms with Gasteiger partial charge in [0.05, 0.1) is 16.6 Å². The molecule has 1 aliphatic rings. The Balaban J connectivity index is 2.01. The molecule has 0 saturated carbocycles. The molecule has 0 spiro atoms. The molecule has 2 heterocycles. The monoisotopic (exact) mass is 386 g/mol. The Bertz CT molecular complexity index is 1360. The Morgan fingerprint density at radius 2 is 1.71 bits per heavy atom. The van der Waals surface area contributed by atoms with Gasteiger partial charge in [0.1, 0.15) is 0 Å². The molecule has 0 aliphatic carbocycles. The zero-order valence-corrected chi connectivity index (χ0v) is 15.8. The molecule has 0 radical (unpaired) electrons. The van der Waals surface area contributed by atoms with Crippen LogP contribution in [0.1, 0.15) is 26.3 Å². The molecule has 0 unspecified atom stereocenters. The molecule has 1 aromatic heterocycles. The van der Waals surface area contributed by atoms with Crippen molar-refractivity contribution >= 4 is 51.3 Å². The number of amides is 2. The van der Waals surface area contributed by atoms with Crippen molar-refractivity contribution < 1.29 is 9.59 Å². The van der Waals surface area contributed by atoms with Crippen molar-refractivity contribution in [2.75, 3.05) is 0 Å². The fourth-order valence-corrected chi connectivity index (χ4v) is 4.32. The third kappa shape index (κ3) is 2.12. The predicted octanol–water partition coefficient (Wildman–Crippen LogP) is 5.18. The SMILES string of the molecule is C=Cc1ccc2c3c4c(c(-c5ccccc5Cl)cc3n(C)c2c1)C(=O)NC4=O. The highest BCUT2D eigenvalue weighted by molar-refractivity contribution is 6.36. The van der Waals surface area contributed by atoms with Gasteiger partial charge in [-0.05, 0) is 29.3 Å². The summed E-state index contributed by atoms with van der Waals surface area (Å²) in [7, 11) is 1.95. The maximum Gasteiger partial charge on any atom is 0.259 e. The van der Waals surface area contributed by atoms with Gasteiger partial charge in [0.2, 0.25) is 0 Å². The van der Waals surface area contributed by atoms with Crippen molar-refractivity contribution in [3.8, 4) is 11.1 Å². The number of hydrogen-bond donors (Lipinski definition) is 1. The highest BCUT2D eigenvalue weighted by Gasteiger charge is 2.34. The molecule has 1 N–H and O–H groups in total. The first-order valence-corrected chi connectivity index (χ1v) is 9.21.